The van der Waals surface area contributed by atoms with E-state index in [9.17, 15) is 9.18 Å². The molecule has 1 aliphatic rings. The van der Waals surface area contributed by atoms with Gasteiger partial charge in [0.1, 0.15) is 11.3 Å². The van der Waals surface area contributed by atoms with Gasteiger partial charge in [-0.25, -0.2) is 9.18 Å². The monoisotopic (exact) mass is 351 g/mol. The van der Waals surface area contributed by atoms with Gasteiger partial charge in [0.25, 0.3) is 0 Å². The standard InChI is InChI=1S/C20H30FNO3/c1-19(2,3)25-18(23)22-12-16(20(4,5)21)11-17(13-22)24-14-15-9-7-6-8-10-15/h6-10,16-17H,11-14H2,1-5H3. The third-order valence-electron chi connectivity index (χ3n) is 4.36. The summed E-state index contributed by atoms with van der Waals surface area (Å²) in [5.74, 6) is -0.283. The van der Waals surface area contributed by atoms with Crippen molar-refractivity contribution in [2.75, 3.05) is 13.1 Å². The molecule has 4 nitrogen and oxygen atoms in total. The molecule has 0 aliphatic carbocycles. The number of likely N-dealkylation sites (tertiary alicyclic amines) is 1. The van der Waals surface area contributed by atoms with Gasteiger partial charge in [0, 0.05) is 12.5 Å². The zero-order chi connectivity index (χ0) is 18.7. The van der Waals surface area contributed by atoms with Crippen molar-refractivity contribution in [3.8, 4) is 0 Å². The van der Waals surface area contributed by atoms with Gasteiger partial charge < -0.3 is 14.4 Å². The average Bonchev–Trinajstić information content (AvgIpc) is 2.51. The summed E-state index contributed by atoms with van der Waals surface area (Å²) in [6.45, 7) is 9.83. The van der Waals surface area contributed by atoms with Crippen LogP contribution in [0.5, 0.6) is 0 Å². The van der Waals surface area contributed by atoms with Gasteiger partial charge in [0.2, 0.25) is 0 Å². The van der Waals surface area contributed by atoms with Crippen LogP contribution in [0.3, 0.4) is 0 Å². The fourth-order valence-electron chi connectivity index (χ4n) is 2.93. The van der Waals surface area contributed by atoms with Gasteiger partial charge in [-0.1, -0.05) is 30.3 Å². The zero-order valence-electron chi connectivity index (χ0n) is 15.9. The van der Waals surface area contributed by atoms with Crippen molar-refractivity contribution in [3.63, 3.8) is 0 Å². The number of hydrogen-bond donors (Lipinski definition) is 0. The van der Waals surface area contributed by atoms with Gasteiger partial charge in [-0.05, 0) is 46.6 Å². The molecular formula is C20H30FNO3. The number of nitrogens with zero attached hydrogens (tertiary/aromatic N) is 1. The zero-order valence-corrected chi connectivity index (χ0v) is 15.9. The normalized spacial score (nSPS) is 21.9. The highest BCUT2D eigenvalue weighted by molar-refractivity contribution is 5.68. The van der Waals surface area contributed by atoms with Gasteiger partial charge in [0.05, 0.1) is 19.3 Å². The summed E-state index contributed by atoms with van der Waals surface area (Å²) in [5, 5.41) is 0. The number of rotatable bonds is 4. The van der Waals surface area contributed by atoms with Crippen LogP contribution in [0, 0.1) is 5.92 Å². The van der Waals surface area contributed by atoms with Crippen LogP contribution in [-0.4, -0.2) is 41.5 Å². The Bertz CT molecular complexity index is 563. The molecule has 2 rings (SSSR count). The predicted octanol–water partition coefficient (Wildman–Crippen LogP) is 4.58. The Balaban J connectivity index is 2.04. The fraction of sp³-hybridized carbons (Fsp3) is 0.650. The fourth-order valence-corrected chi connectivity index (χ4v) is 2.93. The molecule has 0 N–H and O–H groups in total. The van der Waals surface area contributed by atoms with Crippen molar-refractivity contribution in [1.82, 2.24) is 4.90 Å². The third-order valence-corrected chi connectivity index (χ3v) is 4.36. The average molecular weight is 351 g/mol. The Morgan fingerprint density at radius 1 is 1.16 bits per heavy atom. The van der Waals surface area contributed by atoms with Crippen LogP contribution in [0.1, 0.15) is 46.6 Å². The van der Waals surface area contributed by atoms with Gasteiger partial charge in [-0.15, -0.1) is 0 Å². The van der Waals surface area contributed by atoms with Gasteiger partial charge in [-0.2, -0.15) is 0 Å². The SMILES string of the molecule is CC(C)(C)OC(=O)N1CC(OCc2ccccc2)CC(C(C)(C)F)C1. The molecule has 25 heavy (non-hydrogen) atoms. The highest BCUT2D eigenvalue weighted by Gasteiger charge is 2.40. The number of halogens is 1. The van der Waals surface area contributed by atoms with E-state index in [0.29, 0.717) is 26.1 Å². The van der Waals surface area contributed by atoms with Crippen LogP contribution >= 0.6 is 0 Å². The summed E-state index contributed by atoms with van der Waals surface area (Å²) >= 11 is 0. The van der Waals surface area contributed by atoms with Crippen LogP contribution in [0.4, 0.5) is 9.18 Å². The van der Waals surface area contributed by atoms with Gasteiger partial charge >= 0.3 is 6.09 Å². The topological polar surface area (TPSA) is 38.8 Å². The summed E-state index contributed by atoms with van der Waals surface area (Å²) in [7, 11) is 0. The summed E-state index contributed by atoms with van der Waals surface area (Å²) in [5.41, 5.74) is -0.891. The minimum absolute atomic E-state index is 0.207. The van der Waals surface area contributed by atoms with E-state index in [1.807, 2.05) is 51.1 Å². The molecule has 1 fully saturated rings. The Kier molecular flexibility index (Phi) is 6.09. The van der Waals surface area contributed by atoms with Crippen LogP contribution in [0.25, 0.3) is 0 Å². The van der Waals surface area contributed by atoms with Crippen LogP contribution in [0.15, 0.2) is 30.3 Å². The number of carbonyl (C=O) groups excluding carboxylic acids is 1. The van der Waals surface area contributed by atoms with Crippen LogP contribution in [0.2, 0.25) is 0 Å². The first kappa shape index (κ1) is 19.7. The van der Waals surface area contributed by atoms with E-state index in [2.05, 4.69) is 0 Å². The summed E-state index contributed by atoms with van der Waals surface area (Å²) in [4.78, 5) is 14.0. The molecule has 1 aliphatic heterocycles. The summed E-state index contributed by atoms with van der Waals surface area (Å²) in [6.07, 6.45) is -0.0217. The molecule has 1 aromatic rings. The molecule has 0 aromatic heterocycles. The Morgan fingerprint density at radius 3 is 2.36 bits per heavy atom. The number of piperidine rings is 1. The molecule has 1 amide bonds. The first-order chi connectivity index (χ1) is 11.5. The van der Waals surface area contributed by atoms with Crippen molar-refractivity contribution < 1.29 is 18.7 Å². The molecule has 1 saturated heterocycles. The van der Waals surface area contributed by atoms with E-state index in [4.69, 9.17) is 9.47 Å². The molecule has 1 aromatic carbocycles. The lowest BCUT2D eigenvalue weighted by molar-refractivity contribution is -0.0625. The summed E-state index contributed by atoms with van der Waals surface area (Å²) in [6, 6.07) is 9.85. The van der Waals surface area contributed by atoms with Crippen molar-refractivity contribution in [1.29, 1.82) is 0 Å². The van der Waals surface area contributed by atoms with Gasteiger partial charge in [0.15, 0.2) is 0 Å². The third kappa shape index (κ3) is 6.31. The van der Waals surface area contributed by atoms with Crippen molar-refractivity contribution in [3.05, 3.63) is 35.9 Å². The van der Waals surface area contributed by atoms with Crippen molar-refractivity contribution in [2.24, 2.45) is 5.92 Å². The lowest BCUT2D eigenvalue weighted by Crippen LogP contribution is -2.52. The summed E-state index contributed by atoms with van der Waals surface area (Å²) < 4.78 is 26.0. The van der Waals surface area contributed by atoms with Crippen LogP contribution in [-0.2, 0) is 16.1 Å². The first-order valence-corrected chi connectivity index (χ1v) is 8.87. The highest BCUT2D eigenvalue weighted by atomic mass is 19.1. The van der Waals surface area contributed by atoms with E-state index in [1.54, 1.807) is 18.7 Å². The second-order valence-corrected chi connectivity index (χ2v) is 8.30. The van der Waals surface area contributed by atoms with Crippen molar-refractivity contribution >= 4 is 6.09 Å². The second-order valence-electron chi connectivity index (χ2n) is 8.30. The quantitative estimate of drug-likeness (QED) is 0.797. The van der Waals surface area contributed by atoms with Crippen molar-refractivity contribution in [2.45, 2.75) is 65.0 Å². The predicted molar refractivity (Wildman–Crippen MR) is 96.1 cm³/mol. The first-order valence-electron chi connectivity index (χ1n) is 8.87. The molecule has 0 radical (unpaired) electrons. The van der Waals surface area contributed by atoms with E-state index in [-0.39, 0.29) is 12.0 Å². The highest BCUT2D eigenvalue weighted by Crippen LogP contribution is 2.32. The molecule has 5 heteroatoms. The minimum atomic E-state index is -1.38. The Hall–Kier alpha value is -1.62. The smallest absolute Gasteiger partial charge is 0.410 e. The minimum Gasteiger partial charge on any atom is -0.444 e. The lowest BCUT2D eigenvalue weighted by Gasteiger charge is -2.41. The molecule has 0 spiro atoms. The maximum Gasteiger partial charge on any atom is 0.410 e. The van der Waals surface area contributed by atoms with Crippen LogP contribution < -0.4 is 0 Å². The number of carbonyl (C=O) groups is 1. The van der Waals surface area contributed by atoms with E-state index >= 15 is 0 Å². The number of ether oxygens (including phenoxy) is 2. The Labute approximate surface area is 150 Å². The molecule has 140 valence electrons. The lowest BCUT2D eigenvalue weighted by atomic mass is 9.84. The number of hydrogen-bond acceptors (Lipinski definition) is 3. The van der Waals surface area contributed by atoms with E-state index in [1.165, 1.54) is 0 Å². The number of amides is 1. The second kappa shape index (κ2) is 7.73. The molecule has 0 saturated carbocycles. The number of benzene rings is 1. The molecule has 2 unspecified atom stereocenters. The van der Waals surface area contributed by atoms with E-state index < -0.39 is 17.4 Å². The maximum atomic E-state index is 14.6. The molecule has 2 atom stereocenters. The van der Waals surface area contributed by atoms with Gasteiger partial charge in [-0.3, -0.25) is 0 Å². The molecular weight excluding hydrogens is 321 g/mol. The molecule has 0 bridgehead atoms. The molecule has 1 heterocycles. The largest absolute Gasteiger partial charge is 0.444 e. The Morgan fingerprint density at radius 2 is 1.80 bits per heavy atom. The van der Waals surface area contributed by atoms with E-state index in [0.717, 1.165) is 5.56 Å². The maximum absolute atomic E-state index is 14.6. The number of alkyl halides is 1.